The second-order valence-electron chi connectivity index (χ2n) is 5.18. The zero-order chi connectivity index (χ0) is 13.1. The van der Waals surface area contributed by atoms with Crippen molar-refractivity contribution in [2.24, 2.45) is 5.92 Å². The smallest absolute Gasteiger partial charge is 0.225 e. The van der Waals surface area contributed by atoms with Crippen molar-refractivity contribution in [3.05, 3.63) is 23.4 Å². The molecule has 98 valence electrons. The second-order valence-corrected chi connectivity index (χ2v) is 5.18. The van der Waals surface area contributed by atoms with Gasteiger partial charge in [-0.3, -0.25) is 4.79 Å². The fourth-order valence-electron chi connectivity index (χ4n) is 2.63. The molecule has 1 saturated carbocycles. The first-order valence-corrected chi connectivity index (χ1v) is 7.01. The molecule has 19 heavy (non-hydrogen) atoms. The molecule has 0 saturated heterocycles. The first-order valence-electron chi connectivity index (χ1n) is 7.01. The zero-order valence-corrected chi connectivity index (χ0v) is 10.9. The van der Waals surface area contributed by atoms with Crippen LogP contribution in [0.4, 0.5) is 0 Å². The summed E-state index contributed by atoms with van der Waals surface area (Å²) in [6.07, 6.45) is 6.76. The normalized spacial score (nSPS) is 19.1. The number of hydrogen-bond acceptors (Lipinski definition) is 3. The van der Waals surface area contributed by atoms with E-state index < -0.39 is 0 Å². The Balaban J connectivity index is 1.78. The van der Waals surface area contributed by atoms with Crippen LogP contribution in [0.3, 0.4) is 0 Å². The van der Waals surface area contributed by atoms with E-state index in [4.69, 9.17) is 4.74 Å². The van der Waals surface area contributed by atoms with Crippen LogP contribution in [0.1, 0.15) is 54.6 Å². The van der Waals surface area contributed by atoms with Gasteiger partial charge in [-0.25, -0.2) is 4.98 Å². The summed E-state index contributed by atoms with van der Waals surface area (Å²) in [6.45, 7) is 0.429. The predicted octanol–water partition coefficient (Wildman–Crippen LogP) is 2.98. The number of ketones is 1. The summed E-state index contributed by atoms with van der Waals surface area (Å²) in [5.41, 5.74) is 1.30. The SMILES string of the molecule is O=C1CCOc2nc(C#CC3CCCCC3)ccc21. The average molecular weight is 255 g/mol. The number of carbonyl (C=O) groups is 1. The van der Waals surface area contributed by atoms with Crippen molar-refractivity contribution in [1.29, 1.82) is 0 Å². The first kappa shape index (κ1) is 12.2. The van der Waals surface area contributed by atoms with E-state index in [1.165, 1.54) is 32.1 Å². The van der Waals surface area contributed by atoms with Gasteiger partial charge in [0.25, 0.3) is 0 Å². The van der Waals surface area contributed by atoms with Crippen LogP contribution in [0.25, 0.3) is 0 Å². The van der Waals surface area contributed by atoms with E-state index in [0.29, 0.717) is 36.1 Å². The van der Waals surface area contributed by atoms with Crippen LogP contribution in [0.15, 0.2) is 12.1 Å². The molecule has 0 N–H and O–H groups in total. The van der Waals surface area contributed by atoms with Crippen molar-refractivity contribution < 1.29 is 9.53 Å². The van der Waals surface area contributed by atoms with Crippen LogP contribution in [0, 0.1) is 17.8 Å². The number of nitrogens with zero attached hydrogens (tertiary/aromatic N) is 1. The Bertz CT molecular complexity index is 548. The van der Waals surface area contributed by atoms with Crippen LogP contribution in [-0.4, -0.2) is 17.4 Å². The van der Waals surface area contributed by atoms with Gasteiger partial charge >= 0.3 is 0 Å². The van der Waals surface area contributed by atoms with Crippen LogP contribution < -0.4 is 4.74 Å². The molecule has 0 unspecified atom stereocenters. The minimum absolute atomic E-state index is 0.112. The molecule has 0 bridgehead atoms. The Morgan fingerprint density at radius 1 is 1.21 bits per heavy atom. The molecule has 1 aliphatic heterocycles. The van der Waals surface area contributed by atoms with Gasteiger partial charge in [-0.15, -0.1) is 0 Å². The molecule has 0 aromatic carbocycles. The van der Waals surface area contributed by atoms with Crippen molar-refractivity contribution in [1.82, 2.24) is 4.98 Å². The van der Waals surface area contributed by atoms with E-state index in [-0.39, 0.29) is 5.78 Å². The number of rotatable bonds is 0. The van der Waals surface area contributed by atoms with E-state index in [1.54, 1.807) is 6.07 Å². The van der Waals surface area contributed by atoms with E-state index in [2.05, 4.69) is 16.8 Å². The minimum Gasteiger partial charge on any atom is -0.477 e. The first-order chi connectivity index (χ1) is 9.33. The number of ether oxygens (including phenoxy) is 1. The Hall–Kier alpha value is -1.82. The maximum atomic E-state index is 11.6. The minimum atomic E-state index is 0.112. The van der Waals surface area contributed by atoms with Gasteiger partial charge in [-0.2, -0.15) is 0 Å². The highest BCUT2D eigenvalue weighted by atomic mass is 16.5. The summed E-state index contributed by atoms with van der Waals surface area (Å²) in [5.74, 6) is 7.50. The summed E-state index contributed by atoms with van der Waals surface area (Å²) in [6, 6.07) is 3.61. The summed E-state index contributed by atoms with van der Waals surface area (Å²) in [7, 11) is 0. The Morgan fingerprint density at radius 2 is 2.05 bits per heavy atom. The lowest BCUT2D eigenvalue weighted by Crippen LogP contribution is -2.16. The molecule has 1 aromatic heterocycles. The molecule has 3 heteroatoms. The third kappa shape index (κ3) is 2.78. The number of pyridine rings is 1. The van der Waals surface area contributed by atoms with Gasteiger partial charge in [0.05, 0.1) is 12.2 Å². The maximum absolute atomic E-state index is 11.6. The molecule has 2 heterocycles. The lowest BCUT2D eigenvalue weighted by molar-refractivity contribution is 0.0929. The van der Waals surface area contributed by atoms with Crippen LogP contribution >= 0.6 is 0 Å². The Kier molecular flexibility index (Phi) is 3.50. The number of fused-ring (bicyclic) bond motifs is 1. The zero-order valence-electron chi connectivity index (χ0n) is 10.9. The number of carbonyl (C=O) groups excluding carboxylic acids is 1. The van der Waals surface area contributed by atoms with Gasteiger partial charge in [0.1, 0.15) is 5.69 Å². The van der Waals surface area contributed by atoms with Gasteiger partial charge in [0.15, 0.2) is 5.78 Å². The highest BCUT2D eigenvalue weighted by Gasteiger charge is 2.19. The summed E-state index contributed by atoms with van der Waals surface area (Å²) in [5, 5.41) is 0. The predicted molar refractivity (Wildman–Crippen MR) is 72.1 cm³/mol. The standard InChI is InChI=1S/C16H17NO2/c18-15-10-11-19-16-14(15)9-8-13(17-16)7-6-12-4-2-1-3-5-12/h8-9,12H,1-5,10-11H2. The summed E-state index contributed by atoms with van der Waals surface area (Å²) < 4.78 is 5.43. The van der Waals surface area contributed by atoms with Crippen LogP contribution in [0.2, 0.25) is 0 Å². The second kappa shape index (κ2) is 5.44. The van der Waals surface area contributed by atoms with E-state index >= 15 is 0 Å². The number of aromatic nitrogens is 1. The van der Waals surface area contributed by atoms with Crippen molar-refractivity contribution in [2.75, 3.05) is 6.61 Å². The topological polar surface area (TPSA) is 39.2 Å². The monoisotopic (exact) mass is 255 g/mol. The maximum Gasteiger partial charge on any atom is 0.225 e. The van der Waals surface area contributed by atoms with Crippen molar-refractivity contribution in [3.8, 4) is 17.7 Å². The number of hydrogen-bond donors (Lipinski definition) is 0. The van der Waals surface area contributed by atoms with Crippen molar-refractivity contribution in [2.45, 2.75) is 38.5 Å². The van der Waals surface area contributed by atoms with E-state index in [9.17, 15) is 4.79 Å². The molecule has 0 spiro atoms. The highest BCUT2D eigenvalue weighted by Crippen LogP contribution is 2.24. The van der Waals surface area contributed by atoms with Gasteiger partial charge in [-0.05, 0) is 30.9 Å². The Morgan fingerprint density at radius 3 is 2.89 bits per heavy atom. The molecule has 1 aromatic rings. The third-order valence-corrected chi connectivity index (χ3v) is 3.74. The van der Waals surface area contributed by atoms with Crippen LogP contribution in [-0.2, 0) is 0 Å². The molecule has 0 atom stereocenters. The molecule has 1 aliphatic carbocycles. The molecule has 0 amide bonds. The summed E-state index contributed by atoms with van der Waals surface area (Å²) >= 11 is 0. The third-order valence-electron chi connectivity index (χ3n) is 3.74. The fraction of sp³-hybridized carbons (Fsp3) is 0.500. The molecule has 3 nitrogen and oxygen atoms in total. The lowest BCUT2D eigenvalue weighted by atomic mass is 9.90. The van der Waals surface area contributed by atoms with E-state index in [0.717, 1.165) is 0 Å². The molecule has 1 fully saturated rings. The molecule has 2 aliphatic rings. The quantitative estimate of drug-likeness (QED) is 0.669. The van der Waals surface area contributed by atoms with Gasteiger partial charge in [0.2, 0.25) is 5.88 Å². The summed E-state index contributed by atoms with van der Waals surface area (Å²) in [4.78, 5) is 16.0. The largest absolute Gasteiger partial charge is 0.477 e. The van der Waals surface area contributed by atoms with Gasteiger partial charge < -0.3 is 4.74 Å². The number of Topliss-reactive ketones (excluding diaryl/α,β-unsaturated/α-hetero) is 1. The lowest BCUT2D eigenvalue weighted by Gasteiger charge is -2.16. The van der Waals surface area contributed by atoms with Gasteiger partial charge in [-0.1, -0.05) is 25.2 Å². The van der Waals surface area contributed by atoms with E-state index in [1.807, 2.05) is 6.07 Å². The molecule has 0 radical (unpaired) electrons. The fourth-order valence-corrected chi connectivity index (χ4v) is 2.63. The van der Waals surface area contributed by atoms with Crippen molar-refractivity contribution in [3.63, 3.8) is 0 Å². The van der Waals surface area contributed by atoms with Crippen LogP contribution in [0.5, 0.6) is 5.88 Å². The molecule has 3 rings (SSSR count). The average Bonchev–Trinajstić information content (AvgIpc) is 2.46. The Labute approximate surface area is 113 Å². The van der Waals surface area contributed by atoms with Gasteiger partial charge in [0, 0.05) is 12.3 Å². The molecular formula is C16H17NO2. The molecular weight excluding hydrogens is 238 g/mol. The van der Waals surface area contributed by atoms with Crippen molar-refractivity contribution >= 4 is 5.78 Å². The highest BCUT2D eigenvalue weighted by molar-refractivity contribution is 5.99.